The lowest BCUT2D eigenvalue weighted by Gasteiger charge is -2.09. The second-order valence-corrected chi connectivity index (χ2v) is 4.73. The summed E-state index contributed by atoms with van der Waals surface area (Å²) in [7, 11) is 0. The Morgan fingerprint density at radius 1 is 1.24 bits per heavy atom. The van der Waals surface area contributed by atoms with Gasteiger partial charge in [-0.15, -0.1) is 10.2 Å². The number of amides is 2. The number of benzene rings is 1. The van der Waals surface area contributed by atoms with Gasteiger partial charge in [0.2, 0.25) is 18.2 Å². The van der Waals surface area contributed by atoms with E-state index in [4.69, 9.17) is 4.42 Å². The first-order valence-electron chi connectivity index (χ1n) is 6.50. The van der Waals surface area contributed by atoms with Crippen LogP contribution in [0.5, 0.6) is 0 Å². The molecule has 0 fully saturated rings. The lowest BCUT2D eigenvalue weighted by atomic mass is 10.1. The Kier molecular flexibility index (Phi) is 4.65. The molecule has 7 nitrogen and oxygen atoms in total. The second-order valence-electron chi connectivity index (χ2n) is 4.73. The topological polar surface area (TPSA) is 97.1 Å². The molecule has 2 N–H and O–H groups in total. The fraction of sp³-hybridized carbons (Fsp3) is 0.286. The molecule has 0 aliphatic heterocycles. The molecule has 0 bridgehead atoms. The molecular formula is C14H16N4O3. The number of nitrogens with zero attached hydrogens (tertiary/aromatic N) is 2. The maximum Gasteiger partial charge on any atom is 0.251 e. The highest BCUT2D eigenvalue weighted by Crippen LogP contribution is 2.16. The number of hydrogen-bond donors (Lipinski definition) is 2. The van der Waals surface area contributed by atoms with Gasteiger partial charge in [-0.3, -0.25) is 9.59 Å². The van der Waals surface area contributed by atoms with Crippen molar-refractivity contribution in [2.24, 2.45) is 0 Å². The minimum atomic E-state index is -0.314. The summed E-state index contributed by atoms with van der Waals surface area (Å²) in [5, 5.41) is 12.6. The first-order chi connectivity index (χ1) is 10.1. The third kappa shape index (κ3) is 4.13. The van der Waals surface area contributed by atoms with Gasteiger partial charge in [0.05, 0.1) is 6.54 Å². The summed E-state index contributed by atoms with van der Waals surface area (Å²) in [6, 6.07) is 6.72. The van der Waals surface area contributed by atoms with Gasteiger partial charge in [0.1, 0.15) is 0 Å². The third-order valence-corrected chi connectivity index (χ3v) is 2.61. The molecule has 1 aromatic carbocycles. The summed E-state index contributed by atoms with van der Waals surface area (Å²) in [4.78, 5) is 23.3. The summed E-state index contributed by atoms with van der Waals surface area (Å²) < 4.78 is 5.06. The van der Waals surface area contributed by atoms with Crippen molar-refractivity contribution in [3.05, 3.63) is 36.2 Å². The van der Waals surface area contributed by atoms with Crippen LogP contribution in [0, 0.1) is 0 Å². The van der Waals surface area contributed by atoms with E-state index < -0.39 is 0 Å². The van der Waals surface area contributed by atoms with E-state index in [1.807, 2.05) is 13.8 Å². The summed E-state index contributed by atoms with van der Waals surface area (Å²) in [6.07, 6.45) is 1.24. The Bertz CT molecular complexity index is 606. The molecule has 2 rings (SSSR count). The van der Waals surface area contributed by atoms with Gasteiger partial charge in [0, 0.05) is 17.2 Å². The number of rotatable bonds is 5. The Morgan fingerprint density at radius 3 is 2.52 bits per heavy atom. The molecule has 0 unspecified atom stereocenters. The van der Waals surface area contributed by atoms with Gasteiger partial charge in [-0.25, -0.2) is 0 Å². The average Bonchev–Trinajstić information content (AvgIpc) is 2.98. The Morgan fingerprint density at radius 2 is 1.95 bits per heavy atom. The molecule has 0 aliphatic carbocycles. The van der Waals surface area contributed by atoms with Crippen molar-refractivity contribution in [2.75, 3.05) is 6.54 Å². The van der Waals surface area contributed by atoms with E-state index in [1.165, 1.54) is 6.39 Å². The van der Waals surface area contributed by atoms with E-state index >= 15 is 0 Å². The summed E-state index contributed by atoms with van der Waals surface area (Å²) in [5.41, 5.74) is 1.18. The largest absolute Gasteiger partial charge is 0.423 e. The maximum absolute atomic E-state index is 11.9. The zero-order valence-electron chi connectivity index (χ0n) is 11.8. The fourth-order valence-corrected chi connectivity index (χ4v) is 1.70. The van der Waals surface area contributed by atoms with Crippen LogP contribution < -0.4 is 10.6 Å². The second kappa shape index (κ2) is 6.65. The van der Waals surface area contributed by atoms with Crippen LogP contribution in [0.1, 0.15) is 24.2 Å². The van der Waals surface area contributed by atoms with Gasteiger partial charge in [-0.2, -0.15) is 0 Å². The highest BCUT2D eigenvalue weighted by atomic mass is 16.4. The molecule has 7 heteroatoms. The average molecular weight is 288 g/mol. The van der Waals surface area contributed by atoms with Crippen molar-refractivity contribution < 1.29 is 14.0 Å². The Labute approximate surface area is 121 Å². The first-order valence-corrected chi connectivity index (χ1v) is 6.50. The van der Waals surface area contributed by atoms with Gasteiger partial charge >= 0.3 is 0 Å². The molecule has 0 aliphatic rings. The molecule has 1 aromatic heterocycles. The van der Waals surface area contributed by atoms with Gasteiger partial charge in [0.15, 0.2) is 0 Å². The van der Waals surface area contributed by atoms with E-state index in [0.717, 1.165) is 5.56 Å². The lowest BCUT2D eigenvalue weighted by molar-refractivity contribution is -0.120. The zero-order chi connectivity index (χ0) is 15.2. The molecule has 0 saturated carbocycles. The van der Waals surface area contributed by atoms with Gasteiger partial charge in [-0.05, 0) is 38.1 Å². The number of carbonyl (C=O) groups is 2. The molecule has 0 atom stereocenters. The summed E-state index contributed by atoms with van der Waals surface area (Å²) >= 11 is 0. The van der Waals surface area contributed by atoms with Crippen molar-refractivity contribution in [1.82, 2.24) is 20.8 Å². The summed E-state index contributed by atoms with van der Waals surface area (Å²) in [6.45, 7) is 3.66. The minimum Gasteiger partial charge on any atom is -0.423 e. The van der Waals surface area contributed by atoms with Gasteiger partial charge in [-0.1, -0.05) is 0 Å². The van der Waals surface area contributed by atoms with Crippen molar-refractivity contribution in [3.8, 4) is 11.5 Å². The van der Waals surface area contributed by atoms with Crippen LogP contribution in [0.2, 0.25) is 0 Å². The predicted octanol–water partition coefficient (Wildman–Crippen LogP) is 0.991. The van der Waals surface area contributed by atoms with E-state index in [9.17, 15) is 9.59 Å². The maximum atomic E-state index is 11.9. The summed E-state index contributed by atoms with van der Waals surface area (Å²) in [5.74, 6) is -0.148. The van der Waals surface area contributed by atoms with E-state index in [2.05, 4.69) is 20.8 Å². The lowest BCUT2D eigenvalue weighted by Crippen LogP contribution is -2.39. The van der Waals surface area contributed by atoms with Gasteiger partial charge in [0.25, 0.3) is 5.91 Å². The minimum absolute atomic E-state index is 0.0445. The van der Waals surface area contributed by atoms with Crippen LogP contribution in [0.3, 0.4) is 0 Å². The highest BCUT2D eigenvalue weighted by molar-refractivity contribution is 5.96. The van der Waals surface area contributed by atoms with Crippen LogP contribution in [0.4, 0.5) is 0 Å². The monoisotopic (exact) mass is 288 g/mol. The van der Waals surface area contributed by atoms with Crippen LogP contribution in [0.25, 0.3) is 11.5 Å². The predicted molar refractivity (Wildman–Crippen MR) is 75.3 cm³/mol. The van der Waals surface area contributed by atoms with Crippen LogP contribution in [0.15, 0.2) is 35.1 Å². The van der Waals surface area contributed by atoms with Crippen molar-refractivity contribution in [2.45, 2.75) is 19.9 Å². The number of carbonyl (C=O) groups excluding carboxylic acids is 2. The smallest absolute Gasteiger partial charge is 0.251 e. The number of hydrogen-bond acceptors (Lipinski definition) is 5. The molecule has 21 heavy (non-hydrogen) atoms. The van der Waals surface area contributed by atoms with Crippen LogP contribution in [-0.2, 0) is 4.79 Å². The van der Waals surface area contributed by atoms with Crippen molar-refractivity contribution in [3.63, 3.8) is 0 Å². The molecular weight excluding hydrogens is 272 g/mol. The van der Waals surface area contributed by atoms with Gasteiger partial charge < -0.3 is 15.1 Å². The third-order valence-electron chi connectivity index (χ3n) is 2.61. The molecule has 110 valence electrons. The van der Waals surface area contributed by atoms with Crippen molar-refractivity contribution >= 4 is 11.8 Å². The normalized spacial score (nSPS) is 10.4. The standard InChI is InChI=1S/C14H16N4O3/c1-9(2)17-12(19)7-15-13(20)10-3-5-11(6-4-10)14-18-16-8-21-14/h3-6,8-9H,7H2,1-2H3,(H,15,20)(H,17,19). The highest BCUT2D eigenvalue weighted by Gasteiger charge is 2.10. The van der Waals surface area contributed by atoms with E-state index in [0.29, 0.717) is 11.5 Å². The molecule has 1 heterocycles. The molecule has 2 aromatic rings. The van der Waals surface area contributed by atoms with Crippen LogP contribution in [-0.4, -0.2) is 34.6 Å². The van der Waals surface area contributed by atoms with Crippen LogP contribution >= 0.6 is 0 Å². The molecule has 0 spiro atoms. The molecule has 0 radical (unpaired) electrons. The van der Waals surface area contributed by atoms with Crippen molar-refractivity contribution in [1.29, 1.82) is 0 Å². The van der Waals surface area contributed by atoms with E-state index in [1.54, 1.807) is 24.3 Å². The molecule has 2 amide bonds. The fourth-order valence-electron chi connectivity index (χ4n) is 1.70. The number of nitrogens with one attached hydrogen (secondary N) is 2. The number of aromatic nitrogens is 2. The molecule has 0 saturated heterocycles. The first kappa shape index (κ1) is 14.7. The zero-order valence-corrected chi connectivity index (χ0v) is 11.8. The van der Waals surface area contributed by atoms with E-state index in [-0.39, 0.29) is 24.4 Å². The Balaban J connectivity index is 1.93. The SMILES string of the molecule is CC(C)NC(=O)CNC(=O)c1ccc(-c2nnco2)cc1. The quantitative estimate of drug-likeness (QED) is 0.855. The Hall–Kier alpha value is -2.70.